The van der Waals surface area contributed by atoms with Crippen LogP contribution in [-0.4, -0.2) is 21.7 Å². The van der Waals surface area contributed by atoms with E-state index in [4.69, 9.17) is 20.4 Å². The van der Waals surface area contributed by atoms with Crippen molar-refractivity contribution < 1.29 is 13.6 Å². The van der Waals surface area contributed by atoms with Crippen molar-refractivity contribution in [2.24, 2.45) is 0 Å². The van der Waals surface area contributed by atoms with Gasteiger partial charge in [-0.15, -0.1) is 10.2 Å². The molecule has 0 unspecified atom stereocenters. The van der Waals surface area contributed by atoms with Crippen LogP contribution in [0.15, 0.2) is 73.4 Å². The van der Waals surface area contributed by atoms with Gasteiger partial charge >= 0.3 is 5.63 Å². The summed E-state index contributed by atoms with van der Waals surface area (Å²) in [5.74, 6) is -0.0664. The number of rotatable bonds is 5. The van der Waals surface area contributed by atoms with Crippen molar-refractivity contribution in [3.8, 4) is 11.5 Å². The number of para-hydroxylation sites is 1. The molecule has 0 fully saturated rings. The highest BCUT2D eigenvalue weighted by atomic mass is 35.5. The fourth-order valence-corrected chi connectivity index (χ4v) is 3.21. The van der Waals surface area contributed by atoms with Crippen LogP contribution in [0.5, 0.6) is 0 Å². The first-order valence-electron chi connectivity index (χ1n) is 7.88. The number of carbonyl (C=O) groups excluding carboxylic acids is 1. The first-order chi connectivity index (χ1) is 13.1. The Morgan fingerprint density at radius 2 is 1.81 bits per heavy atom. The van der Waals surface area contributed by atoms with E-state index < -0.39 is 5.63 Å². The summed E-state index contributed by atoms with van der Waals surface area (Å²) in [6, 6.07) is 15.5. The monoisotopic (exact) mass is 398 g/mol. The molecule has 0 saturated carbocycles. The number of nitrogens with zero attached hydrogens (tertiary/aromatic N) is 2. The van der Waals surface area contributed by atoms with Crippen LogP contribution in [0.25, 0.3) is 22.4 Å². The Kier molecular flexibility index (Phi) is 4.79. The minimum atomic E-state index is -0.660. The zero-order valence-corrected chi connectivity index (χ0v) is 15.3. The van der Waals surface area contributed by atoms with E-state index in [1.165, 1.54) is 6.07 Å². The minimum absolute atomic E-state index is 0.00126. The molecular formula is C19H11ClN2O4S. The van der Waals surface area contributed by atoms with Crippen molar-refractivity contribution in [2.45, 2.75) is 5.22 Å². The highest BCUT2D eigenvalue weighted by molar-refractivity contribution is 7.99. The third-order valence-corrected chi connectivity index (χ3v) is 4.84. The number of thioether (sulfide) groups is 1. The van der Waals surface area contributed by atoms with E-state index >= 15 is 0 Å². The Labute approximate surface area is 162 Å². The fraction of sp³-hybridized carbons (Fsp3) is 0.0526. The third-order valence-electron chi connectivity index (χ3n) is 3.77. The van der Waals surface area contributed by atoms with Crippen LogP contribution in [0, 0.1) is 0 Å². The van der Waals surface area contributed by atoms with Crippen LogP contribution in [0.4, 0.5) is 0 Å². The fourth-order valence-electron chi connectivity index (χ4n) is 2.44. The maximum absolute atomic E-state index is 12.4. The van der Waals surface area contributed by atoms with Gasteiger partial charge in [-0.1, -0.05) is 41.6 Å². The minimum Gasteiger partial charge on any atom is -0.422 e. The topological polar surface area (TPSA) is 86.2 Å². The molecule has 0 aliphatic rings. The molecule has 0 atom stereocenters. The lowest BCUT2D eigenvalue weighted by Crippen LogP contribution is -2.15. The van der Waals surface area contributed by atoms with E-state index in [2.05, 4.69) is 10.2 Å². The van der Waals surface area contributed by atoms with Gasteiger partial charge in [0.1, 0.15) is 11.1 Å². The molecule has 0 amide bonds. The van der Waals surface area contributed by atoms with Crippen LogP contribution in [-0.2, 0) is 0 Å². The van der Waals surface area contributed by atoms with Gasteiger partial charge in [0.25, 0.3) is 5.22 Å². The SMILES string of the molecule is O=C(CSc1nnc(-c2ccc(Cl)cc2)o1)c1cc2ccccc2oc1=O. The number of hydrogen-bond acceptors (Lipinski definition) is 7. The Hall–Kier alpha value is -2.90. The van der Waals surface area contributed by atoms with Crippen molar-refractivity contribution in [3.05, 3.63) is 75.6 Å². The summed E-state index contributed by atoms with van der Waals surface area (Å²) < 4.78 is 10.7. The summed E-state index contributed by atoms with van der Waals surface area (Å²) >= 11 is 6.91. The van der Waals surface area contributed by atoms with Gasteiger partial charge in [0.05, 0.1) is 5.75 Å². The van der Waals surface area contributed by atoms with Crippen molar-refractivity contribution in [2.75, 3.05) is 5.75 Å². The predicted octanol–water partition coefficient (Wildman–Crippen LogP) is 4.47. The summed E-state index contributed by atoms with van der Waals surface area (Å²) in [7, 11) is 0. The summed E-state index contributed by atoms with van der Waals surface area (Å²) in [5.41, 5.74) is 0.502. The zero-order valence-electron chi connectivity index (χ0n) is 13.7. The smallest absolute Gasteiger partial charge is 0.347 e. The van der Waals surface area contributed by atoms with Crippen molar-refractivity contribution >= 4 is 40.1 Å². The van der Waals surface area contributed by atoms with Gasteiger partial charge in [0.15, 0.2) is 5.78 Å². The van der Waals surface area contributed by atoms with Crippen molar-refractivity contribution in [1.29, 1.82) is 0 Å². The third kappa shape index (κ3) is 3.79. The average molecular weight is 399 g/mol. The normalized spacial score (nSPS) is 11.0. The van der Waals surface area contributed by atoms with E-state index in [9.17, 15) is 9.59 Å². The molecule has 0 spiro atoms. The van der Waals surface area contributed by atoms with E-state index in [-0.39, 0.29) is 22.3 Å². The Balaban J connectivity index is 1.49. The van der Waals surface area contributed by atoms with E-state index in [0.29, 0.717) is 21.9 Å². The lowest BCUT2D eigenvalue weighted by molar-refractivity contribution is 0.101. The number of carbonyl (C=O) groups is 1. The van der Waals surface area contributed by atoms with Gasteiger partial charge in [-0.05, 0) is 36.4 Å². The zero-order chi connectivity index (χ0) is 18.8. The highest BCUT2D eigenvalue weighted by Gasteiger charge is 2.16. The number of Topliss-reactive ketones (excluding diaryl/α,β-unsaturated/α-hetero) is 1. The van der Waals surface area contributed by atoms with Crippen LogP contribution in [0.2, 0.25) is 5.02 Å². The molecule has 134 valence electrons. The van der Waals surface area contributed by atoms with Crippen molar-refractivity contribution in [1.82, 2.24) is 10.2 Å². The maximum Gasteiger partial charge on any atom is 0.347 e. The number of hydrogen-bond donors (Lipinski definition) is 0. The molecule has 0 radical (unpaired) electrons. The quantitative estimate of drug-likeness (QED) is 0.278. The van der Waals surface area contributed by atoms with Gasteiger partial charge in [-0.25, -0.2) is 4.79 Å². The second-order valence-corrected chi connectivity index (χ2v) is 6.94. The van der Waals surface area contributed by atoms with Gasteiger partial charge < -0.3 is 8.83 Å². The number of aromatic nitrogens is 2. The number of benzene rings is 2. The molecule has 27 heavy (non-hydrogen) atoms. The molecule has 2 aromatic heterocycles. The molecule has 0 N–H and O–H groups in total. The van der Waals surface area contributed by atoms with Gasteiger partial charge in [-0.3, -0.25) is 4.79 Å². The Morgan fingerprint density at radius 1 is 1.04 bits per heavy atom. The summed E-state index contributed by atoms with van der Waals surface area (Å²) in [4.78, 5) is 24.5. The van der Waals surface area contributed by atoms with Crippen LogP contribution in [0.1, 0.15) is 10.4 Å². The van der Waals surface area contributed by atoms with Crippen LogP contribution >= 0.6 is 23.4 Å². The van der Waals surface area contributed by atoms with Gasteiger partial charge in [0.2, 0.25) is 5.89 Å². The van der Waals surface area contributed by atoms with Gasteiger partial charge in [0, 0.05) is 16.0 Å². The molecule has 4 aromatic rings. The lowest BCUT2D eigenvalue weighted by atomic mass is 10.1. The molecule has 4 rings (SSSR count). The molecule has 8 heteroatoms. The molecular weight excluding hydrogens is 388 g/mol. The van der Waals surface area contributed by atoms with Gasteiger partial charge in [-0.2, -0.15) is 0 Å². The second kappa shape index (κ2) is 7.38. The molecule has 0 aliphatic carbocycles. The number of fused-ring (bicyclic) bond motifs is 1. The molecule has 0 bridgehead atoms. The standard InChI is InChI=1S/C19H11ClN2O4S/c20-13-7-5-11(6-8-13)17-21-22-19(26-17)27-10-15(23)14-9-12-3-1-2-4-16(12)25-18(14)24/h1-9H,10H2. The summed E-state index contributed by atoms with van der Waals surface area (Å²) in [6.07, 6.45) is 0. The number of halogens is 1. The molecule has 0 aliphatic heterocycles. The molecule has 2 heterocycles. The van der Waals surface area contributed by atoms with E-state index in [1.54, 1.807) is 42.5 Å². The largest absolute Gasteiger partial charge is 0.422 e. The summed E-state index contributed by atoms with van der Waals surface area (Å²) in [6.45, 7) is 0. The maximum atomic E-state index is 12.4. The predicted molar refractivity (Wildman–Crippen MR) is 102 cm³/mol. The average Bonchev–Trinajstić information content (AvgIpc) is 3.15. The molecule has 6 nitrogen and oxygen atoms in total. The van der Waals surface area contributed by atoms with Crippen LogP contribution < -0.4 is 5.63 Å². The molecule has 0 saturated heterocycles. The van der Waals surface area contributed by atoms with Crippen LogP contribution in [0.3, 0.4) is 0 Å². The van der Waals surface area contributed by atoms with Crippen molar-refractivity contribution in [3.63, 3.8) is 0 Å². The summed E-state index contributed by atoms with van der Waals surface area (Å²) in [5, 5.41) is 9.39. The Morgan fingerprint density at radius 3 is 2.63 bits per heavy atom. The van der Waals surface area contributed by atoms with E-state index in [1.807, 2.05) is 6.07 Å². The number of ketones is 1. The first-order valence-corrected chi connectivity index (χ1v) is 9.25. The Bertz CT molecular complexity index is 1180. The second-order valence-electron chi connectivity index (χ2n) is 5.58. The van der Waals surface area contributed by atoms with E-state index in [0.717, 1.165) is 17.3 Å². The highest BCUT2D eigenvalue weighted by Crippen LogP contribution is 2.25. The lowest BCUT2D eigenvalue weighted by Gasteiger charge is -2.00. The molecule has 2 aromatic carbocycles. The first kappa shape index (κ1) is 17.5.